The molecule has 2 heterocycles. The largest absolute Gasteiger partial charge is 0.452 e. The fourth-order valence-corrected chi connectivity index (χ4v) is 6.25. The highest BCUT2D eigenvalue weighted by Crippen LogP contribution is 2.37. The van der Waals surface area contributed by atoms with Gasteiger partial charge < -0.3 is 10.1 Å². The van der Waals surface area contributed by atoms with Crippen LogP contribution in [0.2, 0.25) is 0 Å². The molecule has 2 amide bonds. The number of nitrogens with one attached hydrogen (secondary N) is 1. The first-order chi connectivity index (χ1) is 18.6. The maximum atomic E-state index is 13.2. The number of nitrogens with zero attached hydrogens (tertiary/aromatic N) is 2. The van der Waals surface area contributed by atoms with Gasteiger partial charge in [0.2, 0.25) is 5.91 Å². The molecule has 2 aliphatic rings. The molecule has 0 bridgehead atoms. The van der Waals surface area contributed by atoms with E-state index in [9.17, 15) is 22.8 Å². The summed E-state index contributed by atoms with van der Waals surface area (Å²) in [6.45, 7) is 3.07. The lowest BCUT2D eigenvalue weighted by molar-refractivity contribution is -0.143. The van der Waals surface area contributed by atoms with Crippen LogP contribution >= 0.6 is 0 Å². The minimum Gasteiger partial charge on any atom is -0.452 e. The van der Waals surface area contributed by atoms with Gasteiger partial charge in [-0.15, -0.1) is 0 Å². The minimum absolute atomic E-state index is 0.151. The van der Waals surface area contributed by atoms with Crippen LogP contribution in [-0.2, 0) is 35.6 Å². The number of esters is 1. The second kappa shape index (κ2) is 10.0. The van der Waals surface area contributed by atoms with Gasteiger partial charge in [-0.1, -0.05) is 42.5 Å². The monoisotopic (exact) mass is 545 g/mol. The molecular formula is C29H27N3O6S. The van der Waals surface area contributed by atoms with Crippen LogP contribution in [0.1, 0.15) is 25.0 Å². The predicted octanol–water partition coefficient (Wildman–Crippen LogP) is 3.76. The van der Waals surface area contributed by atoms with Gasteiger partial charge in [0.15, 0.2) is 6.61 Å². The van der Waals surface area contributed by atoms with E-state index in [-0.39, 0.29) is 10.8 Å². The molecule has 0 saturated heterocycles. The average molecular weight is 546 g/mol. The van der Waals surface area contributed by atoms with E-state index in [0.29, 0.717) is 35.6 Å². The van der Waals surface area contributed by atoms with E-state index in [4.69, 9.17) is 4.74 Å². The fraction of sp³-hybridized carbons (Fsp3) is 0.207. The van der Waals surface area contributed by atoms with E-state index in [2.05, 4.69) is 5.32 Å². The van der Waals surface area contributed by atoms with Crippen molar-refractivity contribution in [1.82, 2.24) is 0 Å². The van der Waals surface area contributed by atoms with Gasteiger partial charge in [0.1, 0.15) is 5.54 Å². The Bertz CT molecular complexity index is 1600. The Hall–Kier alpha value is -4.44. The third-order valence-electron chi connectivity index (χ3n) is 6.82. The molecule has 9 nitrogen and oxygen atoms in total. The van der Waals surface area contributed by atoms with E-state index in [0.717, 1.165) is 11.6 Å². The Morgan fingerprint density at radius 1 is 0.974 bits per heavy atom. The molecule has 200 valence electrons. The Labute approximate surface area is 226 Å². The topological polar surface area (TPSA) is 113 Å². The summed E-state index contributed by atoms with van der Waals surface area (Å²) < 4.78 is 32.9. The zero-order chi connectivity index (χ0) is 27.8. The summed E-state index contributed by atoms with van der Waals surface area (Å²) >= 11 is 0. The van der Waals surface area contributed by atoms with Crippen LogP contribution in [0, 0.1) is 0 Å². The Morgan fingerprint density at radius 3 is 2.38 bits per heavy atom. The van der Waals surface area contributed by atoms with E-state index >= 15 is 0 Å². The highest BCUT2D eigenvalue weighted by molar-refractivity contribution is 7.92. The van der Waals surface area contributed by atoms with Crippen molar-refractivity contribution >= 4 is 50.9 Å². The first-order valence-corrected chi connectivity index (χ1v) is 13.8. The normalized spacial score (nSPS) is 16.0. The van der Waals surface area contributed by atoms with Gasteiger partial charge in [0.25, 0.3) is 15.9 Å². The van der Waals surface area contributed by atoms with Gasteiger partial charge in [0.05, 0.1) is 22.0 Å². The highest BCUT2D eigenvalue weighted by atomic mass is 32.2. The number of ether oxygens (including phenoxy) is 1. The number of carbonyl (C=O) groups excluding carboxylic acids is 3. The molecule has 0 radical (unpaired) electrons. The third-order valence-corrected chi connectivity index (χ3v) is 8.65. The van der Waals surface area contributed by atoms with E-state index in [1.54, 1.807) is 56.3 Å². The highest BCUT2D eigenvalue weighted by Gasteiger charge is 2.43. The quantitative estimate of drug-likeness (QED) is 0.373. The van der Waals surface area contributed by atoms with Crippen molar-refractivity contribution in [3.63, 3.8) is 0 Å². The van der Waals surface area contributed by atoms with E-state index in [1.807, 2.05) is 18.2 Å². The lowest BCUT2D eigenvalue weighted by Crippen LogP contribution is -2.59. The summed E-state index contributed by atoms with van der Waals surface area (Å²) in [5, 5.41) is 2.78. The van der Waals surface area contributed by atoms with Crippen LogP contribution in [0.25, 0.3) is 6.08 Å². The first kappa shape index (κ1) is 26.2. The van der Waals surface area contributed by atoms with Crippen LogP contribution in [0.15, 0.2) is 83.8 Å². The summed E-state index contributed by atoms with van der Waals surface area (Å²) in [5.41, 5.74) is 2.12. The van der Waals surface area contributed by atoms with Crippen LogP contribution < -0.4 is 14.5 Å². The minimum atomic E-state index is -3.72. The van der Waals surface area contributed by atoms with E-state index in [1.165, 1.54) is 27.4 Å². The number of fused-ring (bicyclic) bond motifs is 2. The van der Waals surface area contributed by atoms with Crippen molar-refractivity contribution in [3.8, 4) is 0 Å². The second-order valence-corrected chi connectivity index (χ2v) is 11.6. The Morgan fingerprint density at radius 2 is 1.64 bits per heavy atom. The van der Waals surface area contributed by atoms with Gasteiger partial charge in [-0.05, 0) is 67.8 Å². The van der Waals surface area contributed by atoms with Gasteiger partial charge in [-0.2, -0.15) is 0 Å². The zero-order valence-corrected chi connectivity index (χ0v) is 22.3. The van der Waals surface area contributed by atoms with Crippen LogP contribution in [0.4, 0.5) is 17.1 Å². The maximum absolute atomic E-state index is 13.2. The van der Waals surface area contributed by atoms with Crippen molar-refractivity contribution in [2.45, 2.75) is 30.7 Å². The molecule has 0 unspecified atom stereocenters. The van der Waals surface area contributed by atoms with Crippen LogP contribution in [0.3, 0.4) is 0 Å². The number of amides is 2. The molecule has 0 fully saturated rings. The van der Waals surface area contributed by atoms with Crippen LogP contribution in [-0.4, -0.2) is 44.9 Å². The summed E-state index contributed by atoms with van der Waals surface area (Å²) in [6, 6.07) is 20.5. The summed E-state index contributed by atoms with van der Waals surface area (Å²) in [6.07, 6.45) is 3.30. The zero-order valence-electron chi connectivity index (χ0n) is 21.5. The van der Waals surface area contributed by atoms with Crippen LogP contribution in [0.5, 0.6) is 0 Å². The van der Waals surface area contributed by atoms with E-state index < -0.39 is 34.0 Å². The molecule has 2 aliphatic heterocycles. The second-order valence-electron chi connectivity index (χ2n) is 9.73. The molecule has 0 atom stereocenters. The number of carbonyl (C=O) groups is 3. The molecular weight excluding hydrogens is 518 g/mol. The van der Waals surface area contributed by atoms with Gasteiger partial charge >= 0.3 is 5.97 Å². The molecule has 0 aliphatic carbocycles. The predicted molar refractivity (Wildman–Crippen MR) is 148 cm³/mol. The fourth-order valence-electron chi connectivity index (χ4n) is 4.74. The maximum Gasteiger partial charge on any atom is 0.331 e. The molecule has 0 aromatic heterocycles. The smallest absolute Gasteiger partial charge is 0.331 e. The summed E-state index contributed by atoms with van der Waals surface area (Å²) in [4.78, 5) is 39.4. The van der Waals surface area contributed by atoms with Gasteiger partial charge in [-0.3, -0.25) is 18.8 Å². The van der Waals surface area contributed by atoms with Gasteiger partial charge in [0, 0.05) is 12.6 Å². The van der Waals surface area contributed by atoms with Crippen molar-refractivity contribution in [2.75, 3.05) is 27.7 Å². The lowest BCUT2D eigenvalue weighted by atomic mass is 9.96. The lowest BCUT2D eigenvalue weighted by Gasteiger charge is -2.41. The number of benzene rings is 3. The molecule has 0 spiro atoms. The van der Waals surface area contributed by atoms with Crippen molar-refractivity contribution in [1.29, 1.82) is 0 Å². The Kier molecular flexibility index (Phi) is 6.73. The number of rotatable bonds is 6. The molecule has 1 N–H and O–H groups in total. The molecule has 3 aromatic rings. The first-order valence-electron chi connectivity index (χ1n) is 12.4. The summed E-state index contributed by atoms with van der Waals surface area (Å²) in [7, 11) is -3.72. The number of anilines is 3. The molecule has 5 rings (SSSR count). The van der Waals surface area contributed by atoms with Gasteiger partial charge in [-0.25, -0.2) is 13.2 Å². The third kappa shape index (κ3) is 4.90. The average Bonchev–Trinajstić information content (AvgIpc) is 3.36. The number of hydrogen-bond donors (Lipinski definition) is 1. The molecule has 3 aromatic carbocycles. The molecule has 0 saturated carbocycles. The molecule has 10 heteroatoms. The number of hydrogen-bond acceptors (Lipinski definition) is 6. The SMILES string of the molecule is CC1(C)C(=O)Nc2ccccc2N1C(=O)COC(=O)C=Cc1ccc(S(=O)(=O)N2CCc3ccccc32)cc1. The number of sulfonamides is 1. The van der Waals surface area contributed by atoms with Crippen molar-refractivity contribution < 1.29 is 27.5 Å². The van der Waals surface area contributed by atoms with Crippen molar-refractivity contribution in [3.05, 3.63) is 90.0 Å². The summed E-state index contributed by atoms with van der Waals surface area (Å²) in [5.74, 6) is -1.64. The Balaban J connectivity index is 1.22. The number of para-hydroxylation sites is 3. The van der Waals surface area contributed by atoms with Crippen molar-refractivity contribution in [2.24, 2.45) is 0 Å². The molecule has 39 heavy (non-hydrogen) atoms. The standard InChI is InChI=1S/C29H27N3O6S/c1-29(2)28(35)30-23-8-4-6-10-25(23)32(29)26(33)19-38-27(34)16-13-20-11-14-22(15-12-20)39(36,37)31-18-17-21-7-3-5-9-24(21)31/h3-16H,17-19H2,1-2H3,(H,30,35).